The highest BCUT2D eigenvalue weighted by molar-refractivity contribution is 6.01. The van der Waals surface area contributed by atoms with Gasteiger partial charge in [0.05, 0.1) is 17.4 Å². The predicted octanol–water partition coefficient (Wildman–Crippen LogP) is 4.56. The molecule has 4 aliphatic rings. The Balaban J connectivity index is 0.845. The Morgan fingerprint density at radius 1 is 0.873 bits per heavy atom. The van der Waals surface area contributed by atoms with Crippen molar-refractivity contribution in [1.82, 2.24) is 34.6 Å². The molecule has 14 heteroatoms. The molecule has 55 heavy (non-hydrogen) atoms. The fourth-order valence-electron chi connectivity index (χ4n) is 8.91. The largest absolute Gasteiger partial charge is 0.373 e. The Morgan fingerprint density at radius 3 is 2.35 bits per heavy atom. The van der Waals surface area contributed by atoms with Crippen LogP contribution in [-0.4, -0.2) is 98.3 Å². The predicted molar refractivity (Wildman–Crippen MR) is 212 cm³/mol. The third-order valence-electron chi connectivity index (χ3n) is 12.0. The highest BCUT2D eigenvalue weighted by atomic mass is 16.2. The first-order chi connectivity index (χ1) is 26.7. The number of benzene rings is 1. The molecule has 288 valence electrons. The number of fused-ring (bicyclic) bond motifs is 1. The minimum absolute atomic E-state index is 0.0218. The zero-order chi connectivity index (χ0) is 38.1. The van der Waals surface area contributed by atoms with Crippen LogP contribution in [0, 0.1) is 6.92 Å². The number of rotatable bonds is 10. The van der Waals surface area contributed by atoms with Crippen molar-refractivity contribution in [3.05, 3.63) is 75.8 Å². The van der Waals surface area contributed by atoms with Crippen LogP contribution in [0.15, 0.2) is 53.6 Å². The number of piperazine rings is 1. The third-order valence-corrected chi connectivity index (χ3v) is 12.0. The van der Waals surface area contributed by atoms with Gasteiger partial charge in [0, 0.05) is 81.6 Å². The highest BCUT2D eigenvalue weighted by Crippen LogP contribution is 2.32. The molecule has 1 aliphatic carbocycles. The van der Waals surface area contributed by atoms with E-state index in [1.165, 1.54) is 12.5 Å². The molecule has 4 aromatic rings. The molecule has 2 amide bonds. The van der Waals surface area contributed by atoms with E-state index in [0.717, 1.165) is 101 Å². The standard InChI is InChI=1S/C41H50N10O4/c1-26-32-24-43-41(47-38(32)51(30-8-4-5-9-30)40(55)37(26)27(2)52)45-35-13-11-31(23-42-35)49-17-15-29(16-18-49)50-21-19-48(20-22-50)25-28-7-3-6-10-33(28)44-34-12-14-36(53)46-39(34)54/h3,6-7,10-11,13,23-24,29-30,34,44H,4-5,8-9,12,14-22,25H2,1-2H3,(H,46,53,54)(H,42,43,45,47). The molecular formula is C41H50N10O4. The molecule has 14 nitrogen and oxygen atoms in total. The number of ketones is 1. The lowest BCUT2D eigenvalue weighted by Gasteiger charge is -2.43. The number of para-hydroxylation sites is 1. The number of nitrogens with one attached hydrogen (secondary N) is 3. The van der Waals surface area contributed by atoms with Gasteiger partial charge < -0.3 is 15.5 Å². The van der Waals surface area contributed by atoms with Gasteiger partial charge in [0.2, 0.25) is 17.8 Å². The molecule has 0 spiro atoms. The summed E-state index contributed by atoms with van der Waals surface area (Å²) in [6.45, 7) is 10.0. The highest BCUT2D eigenvalue weighted by Gasteiger charge is 2.30. The number of anilines is 4. The van der Waals surface area contributed by atoms with Crippen molar-refractivity contribution < 1.29 is 14.4 Å². The Bertz CT molecular complexity index is 2130. The molecule has 3 saturated heterocycles. The van der Waals surface area contributed by atoms with Gasteiger partial charge in [-0.2, -0.15) is 4.98 Å². The van der Waals surface area contributed by atoms with Crippen LogP contribution in [-0.2, 0) is 16.1 Å². The van der Waals surface area contributed by atoms with Crippen molar-refractivity contribution in [1.29, 1.82) is 0 Å². The van der Waals surface area contributed by atoms with Gasteiger partial charge in [0.25, 0.3) is 5.56 Å². The lowest BCUT2D eigenvalue weighted by Crippen LogP contribution is -2.53. The van der Waals surface area contributed by atoms with Crippen molar-refractivity contribution >= 4 is 51.8 Å². The molecular weight excluding hydrogens is 697 g/mol. The van der Waals surface area contributed by atoms with E-state index in [4.69, 9.17) is 9.97 Å². The van der Waals surface area contributed by atoms with Crippen LogP contribution in [0.2, 0.25) is 0 Å². The summed E-state index contributed by atoms with van der Waals surface area (Å²) in [5.41, 5.74) is 4.35. The van der Waals surface area contributed by atoms with Crippen LogP contribution >= 0.6 is 0 Å². The SMILES string of the molecule is CC(=O)c1c(C)c2cnc(Nc3ccc(N4CCC(N5CCN(Cc6ccccc6NC6CCC(=O)NC6=O)CC5)CC4)cn3)nc2n(C2CCCC2)c1=O. The number of pyridine rings is 2. The van der Waals surface area contributed by atoms with Gasteiger partial charge in [-0.3, -0.25) is 38.9 Å². The number of aryl methyl sites for hydroxylation is 1. The molecule has 6 heterocycles. The summed E-state index contributed by atoms with van der Waals surface area (Å²) in [5, 5.41) is 9.79. The van der Waals surface area contributed by atoms with Crippen LogP contribution in [0.25, 0.3) is 11.0 Å². The molecule has 4 fully saturated rings. The summed E-state index contributed by atoms with van der Waals surface area (Å²) in [7, 11) is 0. The summed E-state index contributed by atoms with van der Waals surface area (Å²) in [4.78, 5) is 71.6. The summed E-state index contributed by atoms with van der Waals surface area (Å²) >= 11 is 0. The number of nitrogens with zero attached hydrogens (tertiary/aromatic N) is 7. The average Bonchev–Trinajstić information content (AvgIpc) is 3.72. The molecule has 1 aromatic carbocycles. The van der Waals surface area contributed by atoms with Crippen molar-refractivity contribution in [2.45, 2.75) is 89.9 Å². The van der Waals surface area contributed by atoms with E-state index in [0.29, 0.717) is 41.9 Å². The van der Waals surface area contributed by atoms with Crippen LogP contribution in [0.3, 0.4) is 0 Å². The fourth-order valence-corrected chi connectivity index (χ4v) is 8.91. The van der Waals surface area contributed by atoms with Crippen LogP contribution < -0.4 is 26.4 Å². The average molecular weight is 747 g/mol. The van der Waals surface area contributed by atoms with Crippen molar-refractivity contribution in [3.63, 3.8) is 0 Å². The second-order valence-corrected chi connectivity index (χ2v) is 15.5. The number of imide groups is 1. The molecule has 0 bridgehead atoms. The maximum atomic E-state index is 13.6. The normalized spacial score (nSPS) is 20.5. The Labute approximate surface area is 320 Å². The molecule has 1 saturated carbocycles. The maximum absolute atomic E-state index is 13.6. The molecule has 3 aliphatic heterocycles. The van der Waals surface area contributed by atoms with Gasteiger partial charge in [0.1, 0.15) is 17.5 Å². The van der Waals surface area contributed by atoms with Gasteiger partial charge >= 0.3 is 0 Å². The lowest BCUT2D eigenvalue weighted by atomic mass is 10.0. The molecule has 8 rings (SSSR count). The van der Waals surface area contributed by atoms with Gasteiger partial charge in [-0.15, -0.1) is 0 Å². The quantitative estimate of drug-likeness (QED) is 0.154. The van der Waals surface area contributed by atoms with E-state index in [-0.39, 0.29) is 34.8 Å². The molecule has 3 N–H and O–H groups in total. The molecule has 1 unspecified atom stereocenters. The second kappa shape index (κ2) is 15.9. The Hall–Kier alpha value is -5.21. The summed E-state index contributed by atoms with van der Waals surface area (Å²) < 4.78 is 1.73. The van der Waals surface area contributed by atoms with Crippen molar-refractivity contribution in [3.8, 4) is 0 Å². The first-order valence-electron chi connectivity index (χ1n) is 19.8. The maximum Gasteiger partial charge on any atom is 0.263 e. The number of amides is 2. The second-order valence-electron chi connectivity index (χ2n) is 15.5. The van der Waals surface area contributed by atoms with Crippen molar-refractivity contribution in [2.24, 2.45) is 0 Å². The first kappa shape index (κ1) is 36.8. The Morgan fingerprint density at radius 2 is 1.64 bits per heavy atom. The number of hydrogen-bond donors (Lipinski definition) is 3. The minimum atomic E-state index is -0.393. The topological polar surface area (TPSA) is 158 Å². The van der Waals surface area contributed by atoms with Crippen LogP contribution in [0.5, 0.6) is 0 Å². The van der Waals surface area contributed by atoms with Gasteiger partial charge in [-0.1, -0.05) is 31.0 Å². The number of piperidine rings is 2. The van der Waals surface area contributed by atoms with Crippen molar-refractivity contribution in [2.75, 3.05) is 54.8 Å². The van der Waals surface area contributed by atoms with E-state index in [1.807, 2.05) is 30.5 Å². The zero-order valence-electron chi connectivity index (χ0n) is 31.7. The van der Waals surface area contributed by atoms with E-state index >= 15 is 0 Å². The van der Waals surface area contributed by atoms with Gasteiger partial charge in [-0.05, 0) is 75.3 Å². The Kier molecular flexibility index (Phi) is 10.6. The number of aromatic nitrogens is 4. The summed E-state index contributed by atoms with van der Waals surface area (Å²) in [6, 6.07) is 12.4. The van der Waals surface area contributed by atoms with Crippen LogP contribution in [0.1, 0.15) is 85.8 Å². The monoisotopic (exact) mass is 746 g/mol. The number of Topliss-reactive ketones (excluding diaryl/α,β-unsaturated/α-hetero) is 1. The van der Waals surface area contributed by atoms with E-state index in [9.17, 15) is 19.2 Å². The number of carbonyl (C=O) groups is 3. The molecule has 1 atom stereocenters. The smallest absolute Gasteiger partial charge is 0.263 e. The molecule has 0 radical (unpaired) electrons. The zero-order valence-corrected chi connectivity index (χ0v) is 31.7. The number of hydrogen-bond acceptors (Lipinski definition) is 12. The van der Waals surface area contributed by atoms with E-state index in [1.54, 1.807) is 17.7 Å². The summed E-state index contributed by atoms with van der Waals surface area (Å²) in [6.07, 6.45) is 10.5. The lowest BCUT2D eigenvalue weighted by molar-refractivity contribution is -0.133. The summed E-state index contributed by atoms with van der Waals surface area (Å²) in [5.74, 6) is 0.298. The van der Waals surface area contributed by atoms with Crippen LogP contribution in [0.4, 0.5) is 23.1 Å². The first-order valence-corrected chi connectivity index (χ1v) is 19.8. The number of carbonyl (C=O) groups excluding carboxylic acids is 3. The molecule has 3 aromatic heterocycles. The van der Waals surface area contributed by atoms with E-state index in [2.05, 4.69) is 47.8 Å². The third kappa shape index (κ3) is 7.83. The van der Waals surface area contributed by atoms with Gasteiger partial charge in [-0.25, -0.2) is 9.97 Å². The van der Waals surface area contributed by atoms with Gasteiger partial charge in [0.15, 0.2) is 5.78 Å². The van der Waals surface area contributed by atoms with E-state index < -0.39 is 6.04 Å². The fraction of sp³-hybridized carbons (Fsp3) is 0.488. The minimum Gasteiger partial charge on any atom is -0.373 e.